The van der Waals surface area contributed by atoms with Gasteiger partial charge in [0.05, 0.1) is 0 Å². The molecule has 154 valence electrons. The average Bonchev–Trinajstić information content (AvgIpc) is 3.31. The highest BCUT2D eigenvalue weighted by Crippen LogP contribution is 2.38. The topological polar surface area (TPSA) is 99.4 Å². The lowest BCUT2D eigenvalue weighted by atomic mass is 9.81. The van der Waals surface area contributed by atoms with Crippen LogP contribution < -0.4 is 14.8 Å². The van der Waals surface area contributed by atoms with Crippen molar-refractivity contribution in [3.63, 3.8) is 0 Å². The third-order valence-corrected chi connectivity index (χ3v) is 5.64. The van der Waals surface area contributed by atoms with Gasteiger partial charge in [0.25, 0.3) is 11.8 Å². The van der Waals surface area contributed by atoms with E-state index in [1.165, 1.54) is 0 Å². The monoisotopic (exact) mass is 406 g/mol. The number of amides is 1. The Kier molecular flexibility index (Phi) is 4.82. The lowest BCUT2D eigenvalue weighted by Gasteiger charge is -2.36. The Bertz CT molecular complexity index is 1030. The maximum Gasteiger partial charge on any atom is 0.265 e. The molecule has 3 heterocycles. The van der Waals surface area contributed by atoms with Gasteiger partial charge in [-0.15, -0.1) is 0 Å². The summed E-state index contributed by atoms with van der Waals surface area (Å²) in [7, 11) is 0. The fraction of sp³-hybridized carbons (Fsp3) is 0.364. The minimum atomic E-state index is -0.735. The second kappa shape index (κ2) is 7.78. The van der Waals surface area contributed by atoms with E-state index in [4.69, 9.17) is 14.0 Å². The molecular weight excluding hydrogens is 384 g/mol. The van der Waals surface area contributed by atoms with Gasteiger partial charge in [-0.25, -0.2) is 0 Å². The van der Waals surface area contributed by atoms with Gasteiger partial charge in [-0.3, -0.25) is 9.78 Å². The fourth-order valence-corrected chi connectivity index (χ4v) is 4.05. The van der Waals surface area contributed by atoms with E-state index in [0.29, 0.717) is 23.2 Å². The number of nitrogens with zero attached hydrogens (tertiary/aromatic N) is 3. The molecule has 1 fully saturated rings. The first-order valence-electron chi connectivity index (χ1n) is 10.2. The number of carbonyl (C=O) groups is 1. The summed E-state index contributed by atoms with van der Waals surface area (Å²) in [5.41, 5.74) is 0.117. The summed E-state index contributed by atoms with van der Waals surface area (Å²) in [6.07, 6.45) is 7.15. The molecule has 0 spiro atoms. The van der Waals surface area contributed by atoms with E-state index in [1.807, 2.05) is 30.3 Å². The van der Waals surface area contributed by atoms with Crippen LogP contribution in [0, 0.1) is 0 Å². The number of ether oxygens (including phenoxy) is 2. The molecule has 0 bridgehead atoms. The first-order valence-corrected chi connectivity index (χ1v) is 10.2. The summed E-state index contributed by atoms with van der Waals surface area (Å²) < 4.78 is 17.2. The number of aromatic nitrogens is 3. The van der Waals surface area contributed by atoms with Crippen molar-refractivity contribution < 1.29 is 18.8 Å². The number of hydrogen-bond acceptors (Lipinski definition) is 7. The number of rotatable bonds is 4. The van der Waals surface area contributed by atoms with Crippen LogP contribution in [0.3, 0.4) is 0 Å². The Balaban J connectivity index is 1.38. The van der Waals surface area contributed by atoms with Gasteiger partial charge in [0.15, 0.2) is 11.5 Å². The standard InChI is InChI=1S/C22H22N4O4/c27-20(18-14-28-16-6-2-3-7-17(16)29-18)25-22(10-4-1-5-11-22)21-24-19(26-30-21)15-8-12-23-13-9-15/h2-3,6-9,12-13,18H,1,4-5,10-11,14H2,(H,25,27)/t18-/m0/s1. The third kappa shape index (κ3) is 3.49. The number of fused-ring (bicyclic) bond motifs is 1. The quantitative estimate of drug-likeness (QED) is 0.710. The zero-order valence-electron chi connectivity index (χ0n) is 16.4. The molecule has 0 unspecified atom stereocenters. The van der Waals surface area contributed by atoms with E-state index in [2.05, 4.69) is 20.4 Å². The van der Waals surface area contributed by atoms with Crippen molar-refractivity contribution in [1.82, 2.24) is 20.4 Å². The predicted molar refractivity (Wildman–Crippen MR) is 107 cm³/mol. The molecule has 0 radical (unpaired) electrons. The second-order valence-corrected chi connectivity index (χ2v) is 7.66. The Morgan fingerprint density at radius 1 is 1.03 bits per heavy atom. The zero-order chi connectivity index (χ0) is 20.4. The van der Waals surface area contributed by atoms with Crippen molar-refractivity contribution in [3.05, 3.63) is 54.7 Å². The molecule has 8 heteroatoms. The summed E-state index contributed by atoms with van der Waals surface area (Å²) in [4.78, 5) is 21.8. The maximum absolute atomic E-state index is 13.1. The van der Waals surface area contributed by atoms with Crippen LogP contribution in [-0.2, 0) is 10.3 Å². The predicted octanol–water partition coefficient (Wildman–Crippen LogP) is 3.25. The molecule has 1 saturated carbocycles. The number of hydrogen-bond donors (Lipinski definition) is 1. The van der Waals surface area contributed by atoms with E-state index in [1.54, 1.807) is 18.5 Å². The van der Waals surface area contributed by atoms with Gasteiger partial charge >= 0.3 is 0 Å². The zero-order valence-corrected chi connectivity index (χ0v) is 16.4. The summed E-state index contributed by atoms with van der Waals surface area (Å²) >= 11 is 0. The van der Waals surface area contributed by atoms with Gasteiger partial charge < -0.3 is 19.3 Å². The van der Waals surface area contributed by atoms with Crippen LogP contribution in [0.4, 0.5) is 0 Å². The highest BCUT2D eigenvalue weighted by Gasteiger charge is 2.43. The summed E-state index contributed by atoms with van der Waals surface area (Å²) in [5, 5.41) is 7.30. The highest BCUT2D eigenvalue weighted by atomic mass is 16.6. The third-order valence-electron chi connectivity index (χ3n) is 5.64. The molecule has 1 aromatic carbocycles. The SMILES string of the molecule is O=C(NC1(c2nc(-c3ccncc3)no2)CCCCC1)[C@@H]1COc2ccccc2O1. The van der Waals surface area contributed by atoms with Crippen molar-refractivity contribution in [2.45, 2.75) is 43.7 Å². The molecule has 8 nitrogen and oxygen atoms in total. The van der Waals surface area contributed by atoms with Gasteiger partial charge in [-0.05, 0) is 37.1 Å². The Labute approximate surface area is 173 Å². The maximum atomic E-state index is 13.1. The van der Waals surface area contributed by atoms with Gasteiger partial charge in [-0.2, -0.15) is 4.98 Å². The molecule has 2 aliphatic rings. The van der Waals surface area contributed by atoms with Gasteiger partial charge in [-0.1, -0.05) is 36.6 Å². The summed E-state index contributed by atoms with van der Waals surface area (Å²) in [6.45, 7) is 0.158. The number of para-hydroxylation sites is 2. The minimum Gasteiger partial charge on any atom is -0.485 e. The van der Waals surface area contributed by atoms with Crippen LogP contribution in [0.5, 0.6) is 11.5 Å². The van der Waals surface area contributed by atoms with Crippen LogP contribution in [0.25, 0.3) is 11.4 Å². The molecule has 1 aliphatic carbocycles. The summed E-state index contributed by atoms with van der Waals surface area (Å²) in [5.74, 6) is 1.89. The van der Waals surface area contributed by atoms with Crippen molar-refractivity contribution in [3.8, 4) is 22.9 Å². The minimum absolute atomic E-state index is 0.158. The number of pyridine rings is 1. The van der Waals surface area contributed by atoms with Crippen LogP contribution in [0.1, 0.15) is 38.0 Å². The largest absolute Gasteiger partial charge is 0.485 e. The van der Waals surface area contributed by atoms with Crippen LogP contribution in [0.15, 0.2) is 53.3 Å². The van der Waals surface area contributed by atoms with E-state index in [0.717, 1.165) is 37.7 Å². The molecule has 5 rings (SSSR count). The molecule has 1 N–H and O–H groups in total. The molecule has 1 aliphatic heterocycles. The van der Waals surface area contributed by atoms with Crippen molar-refractivity contribution >= 4 is 5.91 Å². The first kappa shape index (κ1) is 18.6. The van der Waals surface area contributed by atoms with E-state index in [-0.39, 0.29) is 12.5 Å². The molecule has 1 atom stereocenters. The number of nitrogens with one attached hydrogen (secondary N) is 1. The molecular formula is C22H22N4O4. The lowest BCUT2D eigenvalue weighted by Crippen LogP contribution is -2.53. The van der Waals surface area contributed by atoms with Gasteiger partial charge in [0.2, 0.25) is 11.9 Å². The molecule has 3 aromatic rings. The highest BCUT2D eigenvalue weighted by molar-refractivity contribution is 5.82. The van der Waals surface area contributed by atoms with Crippen LogP contribution in [0.2, 0.25) is 0 Å². The van der Waals surface area contributed by atoms with E-state index < -0.39 is 11.6 Å². The molecule has 1 amide bonds. The van der Waals surface area contributed by atoms with E-state index >= 15 is 0 Å². The van der Waals surface area contributed by atoms with Gasteiger partial charge in [0, 0.05) is 18.0 Å². The fourth-order valence-electron chi connectivity index (χ4n) is 4.05. The molecule has 30 heavy (non-hydrogen) atoms. The van der Waals surface area contributed by atoms with Crippen LogP contribution in [-0.4, -0.2) is 33.7 Å². The van der Waals surface area contributed by atoms with Crippen molar-refractivity contribution in [2.75, 3.05) is 6.61 Å². The van der Waals surface area contributed by atoms with Gasteiger partial charge in [0.1, 0.15) is 12.1 Å². The Hall–Kier alpha value is -3.42. The first-order chi connectivity index (χ1) is 14.7. The smallest absolute Gasteiger partial charge is 0.265 e. The second-order valence-electron chi connectivity index (χ2n) is 7.66. The normalized spacial score (nSPS) is 19.8. The Morgan fingerprint density at radius 2 is 1.80 bits per heavy atom. The molecule has 2 aromatic heterocycles. The van der Waals surface area contributed by atoms with E-state index in [9.17, 15) is 4.79 Å². The van der Waals surface area contributed by atoms with Crippen LogP contribution >= 0.6 is 0 Å². The average molecular weight is 406 g/mol. The number of carbonyl (C=O) groups excluding carboxylic acids is 1. The lowest BCUT2D eigenvalue weighted by molar-refractivity contribution is -0.133. The molecule has 0 saturated heterocycles. The van der Waals surface area contributed by atoms with Crippen molar-refractivity contribution in [1.29, 1.82) is 0 Å². The Morgan fingerprint density at radius 3 is 2.60 bits per heavy atom. The number of benzene rings is 1. The summed E-state index contributed by atoms with van der Waals surface area (Å²) in [6, 6.07) is 11.0. The van der Waals surface area contributed by atoms with Crippen molar-refractivity contribution in [2.24, 2.45) is 0 Å².